The maximum absolute atomic E-state index is 11.1. The molecule has 4 heterocycles. The molecule has 0 radical (unpaired) electrons. The molecule has 4 rings (SSSR count). The molecule has 1 fully saturated rings. The predicted octanol–water partition coefficient (Wildman–Crippen LogP) is 1.99. The highest BCUT2D eigenvalue weighted by molar-refractivity contribution is 5.39. The summed E-state index contributed by atoms with van der Waals surface area (Å²) in [6.45, 7) is 6.34. The molecule has 3 aromatic rings. The smallest absolute Gasteiger partial charge is 0.137 e. The Morgan fingerprint density at radius 1 is 1.28 bits per heavy atom. The van der Waals surface area contributed by atoms with E-state index in [1.165, 1.54) is 0 Å². The Bertz CT molecular complexity index is 836. The highest BCUT2D eigenvalue weighted by atomic mass is 16.3. The second-order valence-corrected chi connectivity index (χ2v) is 7.22. The highest BCUT2D eigenvalue weighted by Crippen LogP contribution is 2.31. The number of piperidine rings is 1. The van der Waals surface area contributed by atoms with Crippen LogP contribution in [0.5, 0.6) is 0 Å². The number of aliphatic hydroxyl groups is 1. The van der Waals surface area contributed by atoms with Crippen LogP contribution in [0.3, 0.4) is 0 Å². The summed E-state index contributed by atoms with van der Waals surface area (Å²) >= 11 is 0. The van der Waals surface area contributed by atoms with Gasteiger partial charge in [0.25, 0.3) is 0 Å². The van der Waals surface area contributed by atoms with Crippen molar-refractivity contribution in [2.75, 3.05) is 13.1 Å². The molecule has 3 aromatic heterocycles. The summed E-state index contributed by atoms with van der Waals surface area (Å²) in [5.74, 6) is 0. The molecule has 0 unspecified atom stereocenters. The fourth-order valence-electron chi connectivity index (χ4n) is 3.50. The van der Waals surface area contributed by atoms with Gasteiger partial charge in [0.05, 0.1) is 11.9 Å². The van der Waals surface area contributed by atoms with Crippen LogP contribution in [-0.2, 0) is 12.1 Å². The van der Waals surface area contributed by atoms with Crippen LogP contribution in [0.4, 0.5) is 0 Å². The lowest BCUT2D eigenvalue weighted by molar-refractivity contribution is -0.0417. The van der Waals surface area contributed by atoms with Crippen molar-refractivity contribution in [1.82, 2.24) is 29.3 Å². The molecule has 25 heavy (non-hydrogen) atoms. The Balaban J connectivity index is 1.51. The molecule has 7 heteroatoms. The summed E-state index contributed by atoms with van der Waals surface area (Å²) in [5.41, 5.74) is 1.69. The third-order valence-electron chi connectivity index (χ3n) is 4.87. The van der Waals surface area contributed by atoms with Gasteiger partial charge in [-0.1, -0.05) is 11.3 Å². The first-order valence-corrected chi connectivity index (χ1v) is 8.83. The van der Waals surface area contributed by atoms with Gasteiger partial charge in [0.15, 0.2) is 0 Å². The van der Waals surface area contributed by atoms with E-state index in [4.69, 9.17) is 0 Å². The van der Waals surface area contributed by atoms with Gasteiger partial charge in [-0.05, 0) is 45.4 Å². The second-order valence-electron chi connectivity index (χ2n) is 7.22. The molecular weight excluding hydrogens is 316 g/mol. The summed E-state index contributed by atoms with van der Waals surface area (Å²) < 4.78 is 3.83. The van der Waals surface area contributed by atoms with Crippen LogP contribution < -0.4 is 0 Å². The number of likely N-dealkylation sites (tertiary alicyclic amines) is 1. The lowest BCUT2D eigenvalue weighted by atomic mass is 9.90. The van der Waals surface area contributed by atoms with Crippen molar-refractivity contribution in [2.24, 2.45) is 0 Å². The molecule has 0 spiro atoms. The molecule has 0 amide bonds. The largest absolute Gasteiger partial charge is 0.382 e. The van der Waals surface area contributed by atoms with E-state index >= 15 is 0 Å². The SMILES string of the molecule is CC(C)n1cc([C@@]2(O)CCCN(Cc3cn4ccccc4n3)C2)nn1. The van der Waals surface area contributed by atoms with Crippen LogP contribution in [0, 0.1) is 0 Å². The van der Waals surface area contributed by atoms with E-state index in [0.29, 0.717) is 18.7 Å². The standard InChI is InChI=1S/C18H24N6O/c1-14(2)24-12-16(20-21-24)18(25)7-5-8-22(13-18)10-15-11-23-9-4-3-6-17(23)19-15/h3-4,6,9,11-12,14,25H,5,7-8,10,13H2,1-2H3/t18-/m1/s1. The predicted molar refractivity (Wildman–Crippen MR) is 94.0 cm³/mol. The van der Waals surface area contributed by atoms with Crippen LogP contribution in [0.1, 0.15) is 44.1 Å². The third kappa shape index (κ3) is 3.17. The lowest BCUT2D eigenvalue weighted by Gasteiger charge is -2.37. The minimum Gasteiger partial charge on any atom is -0.382 e. The first-order chi connectivity index (χ1) is 12.0. The van der Waals surface area contributed by atoms with Crippen molar-refractivity contribution in [3.63, 3.8) is 0 Å². The zero-order valence-electron chi connectivity index (χ0n) is 14.7. The maximum Gasteiger partial charge on any atom is 0.137 e. The van der Waals surface area contributed by atoms with Gasteiger partial charge >= 0.3 is 0 Å². The van der Waals surface area contributed by atoms with E-state index in [1.54, 1.807) is 4.68 Å². The normalized spacial score (nSPS) is 22.1. The highest BCUT2D eigenvalue weighted by Gasteiger charge is 2.37. The first kappa shape index (κ1) is 16.2. The van der Waals surface area contributed by atoms with Crippen molar-refractivity contribution < 1.29 is 5.11 Å². The zero-order chi connectivity index (χ0) is 17.4. The fourth-order valence-corrected chi connectivity index (χ4v) is 3.50. The molecule has 132 valence electrons. The molecular formula is C18H24N6O. The second kappa shape index (κ2) is 6.24. The summed E-state index contributed by atoms with van der Waals surface area (Å²) in [4.78, 5) is 6.91. The van der Waals surface area contributed by atoms with Crippen molar-refractivity contribution in [3.8, 4) is 0 Å². The van der Waals surface area contributed by atoms with E-state index < -0.39 is 5.60 Å². The van der Waals surface area contributed by atoms with Crippen LogP contribution in [-0.4, -0.2) is 47.5 Å². The minimum absolute atomic E-state index is 0.238. The molecule has 1 atom stereocenters. The third-order valence-corrected chi connectivity index (χ3v) is 4.87. The van der Waals surface area contributed by atoms with Gasteiger partial charge in [0.1, 0.15) is 16.9 Å². The summed E-state index contributed by atoms with van der Waals surface area (Å²) in [6.07, 6.45) is 7.57. The van der Waals surface area contributed by atoms with E-state index in [-0.39, 0.29) is 6.04 Å². The van der Waals surface area contributed by atoms with E-state index in [2.05, 4.69) is 40.2 Å². The van der Waals surface area contributed by atoms with Gasteiger partial charge in [-0.15, -0.1) is 5.10 Å². The average Bonchev–Trinajstić information content (AvgIpc) is 3.22. The van der Waals surface area contributed by atoms with Gasteiger partial charge in [-0.3, -0.25) is 4.90 Å². The molecule has 0 bridgehead atoms. The van der Waals surface area contributed by atoms with Gasteiger partial charge < -0.3 is 9.51 Å². The average molecular weight is 340 g/mol. The molecule has 1 aliphatic heterocycles. The summed E-state index contributed by atoms with van der Waals surface area (Å²) in [7, 11) is 0. The van der Waals surface area contributed by atoms with E-state index in [1.807, 2.05) is 35.0 Å². The van der Waals surface area contributed by atoms with Crippen LogP contribution >= 0.6 is 0 Å². The molecule has 1 aliphatic rings. The zero-order valence-corrected chi connectivity index (χ0v) is 14.7. The molecule has 0 aromatic carbocycles. The Morgan fingerprint density at radius 2 is 2.16 bits per heavy atom. The van der Waals surface area contributed by atoms with Crippen molar-refractivity contribution in [2.45, 2.75) is 44.9 Å². The van der Waals surface area contributed by atoms with Gasteiger partial charge in [-0.25, -0.2) is 9.67 Å². The Labute approximate surface area is 146 Å². The van der Waals surface area contributed by atoms with Crippen molar-refractivity contribution in [3.05, 3.63) is 48.2 Å². The monoisotopic (exact) mass is 340 g/mol. The number of hydrogen-bond acceptors (Lipinski definition) is 5. The Morgan fingerprint density at radius 3 is 2.92 bits per heavy atom. The number of aromatic nitrogens is 5. The quantitative estimate of drug-likeness (QED) is 0.786. The van der Waals surface area contributed by atoms with Gasteiger partial charge in [0.2, 0.25) is 0 Å². The maximum atomic E-state index is 11.1. The molecule has 0 saturated carbocycles. The Hall–Kier alpha value is -2.25. The van der Waals surface area contributed by atoms with Crippen LogP contribution in [0.15, 0.2) is 36.8 Å². The summed E-state index contributed by atoms with van der Waals surface area (Å²) in [6, 6.07) is 6.22. The minimum atomic E-state index is -0.940. The molecule has 7 nitrogen and oxygen atoms in total. The number of hydrogen-bond donors (Lipinski definition) is 1. The van der Waals surface area contributed by atoms with Crippen molar-refractivity contribution in [1.29, 1.82) is 0 Å². The van der Waals surface area contributed by atoms with Crippen LogP contribution in [0.25, 0.3) is 5.65 Å². The molecule has 1 N–H and O–H groups in total. The number of pyridine rings is 1. The Kier molecular flexibility index (Phi) is 4.05. The number of fused-ring (bicyclic) bond motifs is 1. The van der Waals surface area contributed by atoms with Gasteiger partial charge in [-0.2, -0.15) is 0 Å². The molecule has 0 aliphatic carbocycles. The first-order valence-electron chi connectivity index (χ1n) is 8.83. The summed E-state index contributed by atoms with van der Waals surface area (Å²) in [5, 5.41) is 19.5. The molecule has 1 saturated heterocycles. The topological polar surface area (TPSA) is 71.5 Å². The van der Waals surface area contributed by atoms with E-state index in [9.17, 15) is 5.11 Å². The number of imidazole rings is 1. The number of β-amino-alcohol motifs (C(OH)–C–C–N with tert-alkyl or cyclic N) is 1. The van der Waals surface area contributed by atoms with Gasteiger partial charge in [0, 0.05) is 31.5 Å². The van der Waals surface area contributed by atoms with E-state index in [0.717, 1.165) is 30.9 Å². The van der Waals surface area contributed by atoms with Crippen LogP contribution in [0.2, 0.25) is 0 Å². The van der Waals surface area contributed by atoms with Crippen molar-refractivity contribution >= 4 is 5.65 Å². The number of nitrogens with zero attached hydrogens (tertiary/aromatic N) is 6. The number of rotatable bonds is 4. The lowest BCUT2D eigenvalue weighted by Crippen LogP contribution is -2.46. The fraction of sp³-hybridized carbons (Fsp3) is 0.500.